The summed E-state index contributed by atoms with van der Waals surface area (Å²) in [5, 5.41) is 9.12. The molecule has 27 heavy (non-hydrogen) atoms. The maximum Gasteiger partial charge on any atom is 0.276 e. The number of piperidine rings is 1. The summed E-state index contributed by atoms with van der Waals surface area (Å²) in [5.41, 5.74) is 1.67. The van der Waals surface area contributed by atoms with Crippen LogP contribution < -0.4 is 0 Å². The Bertz CT molecular complexity index is 782. The van der Waals surface area contributed by atoms with Crippen molar-refractivity contribution in [3.8, 4) is 0 Å². The predicted octanol–water partition coefficient (Wildman–Crippen LogP) is 2.24. The lowest BCUT2D eigenvalue weighted by Gasteiger charge is -2.31. The Morgan fingerprint density at radius 1 is 1.19 bits per heavy atom. The minimum Gasteiger partial charge on any atom is -0.378 e. The molecule has 4 rings (SSSR count). The van der Waals surface area contributed by atoms with Crippen LogP contribution in [0.3, 0.4) is 0 Å². The SMILES string of the molecule is O=C(c1cn(C2CCN(Cc3cccc(Cl)c3)CC2)nn1)N1CCOCC1. The van der Waals surface area contributed by atoms with E-state index in [0.717, 1.165) is 37.5 Å². The minimum atomic E-state index is -0.0528. The second-order valence-corrected chi connectivity index (χ2v) is 7.56. The number of rotatable bonds is 4. The van der Waals surface area contributed by atoms with Gasteiger partial charge in [0, 0.05) is 37.7 Å². The lowest BCUT2D eigenvalue weighted by Crippen LogP contribution is -2.40. The molecule has 2 aromatic rings. The van der Waals surface area contributed by atoms with E-state index in [-0.39, 0.29) is 5.91 Å². The van der Waals surface area contributed by atoms with Gasteiger partial charge in [-0.2, -0.15) is 0 Å². The lowest BCUT2D eigenvalue weighted by molar-refractivity contribution is 0.0299. The number of aromatic nitrogens is 3. The van der Waals surface area contributed by atoms with Gasteiger partial charge in [-0.3, -0.25) is 9.69 Å². The highest BCUT2D eigenvalue weighted by molar-refractivity contribution is 6.30. The molecule has 2 fully saturated rings. The molecular weight excluding hydrogens is 366 g/mol. The zero-order valence-corrected chi connectivity index (χ0v) is 16.0. The van der Waals surface area contributed by atoms with Crippen molar-refractivity contribution in [1.29, 1.82) is 0 Å². The monoisotopic (exact) mass is 389 g/mol. The van der Waals surface area contributed by atoms with E-state index in [1.54, 1.807) is 11.1 Å². The van der Waals surface area contributed by atoms with E-state index >= 15 is 0 Å². The Kier molecular flexibility index (Phi) is 5.71. The first-order valence-corrected chi connectivity index (χ1v) is 9.82. The second kappa shape index (κ2) is 8.37. The first-order chi connectivity index (χ1) is 13.2. The van der Waals surface area contributed by atoms with Crippen molar-refractivity contribution in [3.05, 3.63) is 46.7 Å². The average Bonchev–Trinajstić information content (AvgIpc) is 3.19. The van der Waals surface area contributed by atoms with Crippen LogP contribution in [0.15, 0.2) is 30.5 Å². The summed E-state index contributed by atoms with van der Waals surface area (Å²) in [4.78, 5) is 16.7. The number of carbonyl (C=O) groups is 1. The number of carbonyl (C=O) groups excluding carboxylic acids is 1. The van der Waals surface area contributed by atoms with E-state index in [9.17, 15) is 4.79 Å². The average molecular weight is 390 g/mol. The molecule has 0 saturated carbocycles. The number of nitrogens with zero attached hydrogens (tertiary/aromatic N) is 5. The molecule has 1 amide bonds. The maximum atomic E-state index is 12.5. The number of ether oxygens (including phenoxy) is 1. The molecule has 2 aliphatic rings. The smallest absolute Gasteiger partial charge is 0.276 e. The zero-order chi connectivity index (χ0) is 18.6. The van der Waals surface area contributed by atoms with Crippen LogP contribution in [0.4, 0.5) is 0 Å². The molecule has 0 spiro atoms. The van der Waals surface area contributed by atoms with Crippen molar-refractivity contribution in [3.63, 3.8) is 0 Å². The molecule has 1 aromatic carbocycles. The second-order valence-electron chi connectivity index (χ2n) is 7.13. The lowest BCUT2D eigenvalue weighted by atomic mass is 10.0. The third-order valence-corrected chi connectivity index (χ3v) is 5.49. The molecule has 0 bridgehead atoms. The molecule has 144 valence electrons. The van der Waals surface area contributed by atoms with Crippen molar-refractivity contribution >= 4 is 17.5 Å². The fourth-order valence-corrected chi connectivity index (χ4v) is 3.93. The van der Waals surface area contributed by atoms with Gasteiger partial charge in [0.1, 0.15) is 0 Å². The topological polar surface area (TPSA) is 63.5 Å². The van der Waals surface area contributed by atoms with Crippen LogP contribution in [0.1, 0.15) is 34.9 Å². The van der Waals surface area contributed by atoms with E-state index in [1.807, 2.05) is 22.9 Å². The van der Waals surface area contributed by atoms with Crippen LogP contribution in [0, 0.1) is 0 Å². The molecule has 0 aliphatic carbocycles. The Morgan fingerprint density at radius 3 is 2.70 bits per heavy atom. The number of morpholine rings is 1. The highest BCUT2D eigenvalue weighted by Crippen LogP contribution is 2.23. The fourth-order valence-electron chi connectivity index (χ4n) is 3.72. The molecule has 7 nitrogen and oxygen atoms in total. The molecule has 8 heteroatoms. The van der Waals surface area contributed by atoms with Crippen LogP contribution in [0.25, 0.3) is 0 Å². The molecular formula is C19H24ClN5O2. The first kappa shape index (κ1) is 18.4. The molecule has 1 aromatic heterocycles. The van der Waals surface area contributed by atoms with Crippen LogP contribution in [0.5, 0.6) is 0 Å². The summed E-state index contributed by atoms with van der Waals surface area (Å²) in [6.07, 6.45) is 3.79. The number of amides is 1. The van der Waals surface area contributed by atoms with Gasteiger partial charge in [-0.15, -0.1) is 5.10 Å². The molecule has 2 aliphatic heterocycles. The number of benzene rings is 1. The van der Waals surface area contributed by atoms with Crippen LogP contribution in [0.2, 0.25) is 5.02 Å². The van der Waals surface area contributed by atoms with Gasteiger partial charge in [0.05, 0.1) is 25.5 Å². The van der Waals surface area contributed by atoms with E-state index in [1.165, 1.54) is 5.56 Å². The highest BCUT2D eigenvalue weighted by atomic mass is 35.5. The van der Waals surface area contributed by atoms with Gasteiger partial charge in [-0.25, -0.2) is 4.68 Å². The maximum absolute atomic E-state index is 12.5. The summed E-state index contributed by atoms with van der Waals surface area (Å²) in [5.74, 6) is -0.0528. The normalized spacial score (nSPS) is 19.4. The molecule has 0 atom stereocenters. The standard InChI is InChI=1S/C19H24ClN5O2/c20-16-3-1-2-15(12-16)13-23-6-4-17(5-7-23)25-14-18(21-22-25)19(26)24-8-10-27-11-9-24/h1-3,12,14,17H,4-11,13H2. The number of halogens is 1. The minimum absolute atomic E-state index is 0.0528. The van der Waals surface area contributed by atoms with Crippen molar-refractivity contribution in [2.24, 2.45) is 0 Å². The van der Waals surface area contributed by atoms with E-state index < -0.39 is 0 Å². The highest BCUT2D eigenvalue weighted by Gasteiger charge is 2.25. The first-order valence-electron chi connectivity index (χ1n) is 9.45. The van der Waals surface area contributed by atoms with Gasteiger partial charge in [-0.05, 0) is 30.5 Å². The van der Waals surface area contributed by atoms with Crippen molar-refractivity contribution in [2.45, 2.75) is 25.4 Å². The summed E-state index contributed by atoms with van der Waals surface area (Å²) in [6, 6.07) is 8.32. The van der Waals surface area contributed by atoms with Gasteiger partial charge in [0.2, 0.25) is 0 Å². The molecule has 2 saturated heterocycles. The number of hydrogen-bond donors (Lipinski definition) is 0. The number of hydrogen-bond acceptors (Lipinski definition) is 5. The predicted molar refractivity (Wildman–Crippen MR) is 102 cm³/mol. The summed E-state index contributed by atoms with van der Waals surface area (Å²) in [6.45, 7) is 5.30. The number of likely N-dealkylation sites (tertiary alicyclic amines) is 1. The van der Waals surface area contributed by atoms with Crippen LogP contribution >= 0.6 is 11.6 Å². The van der Waals surface area contributed by atoms with Gasteiger partial charge in [0.15, 0.2) is 5.69 Å². The Balaban J connectivity index is 1.32. The molecule has 3 heterocycles. The van der Waals surface area contributed by atoms with E-state index in [4.69, 9.17) is 16.3 Å². The van der Waals surface area contributed by atoms with Crippen molar-refractivity contribution in [2.75, 3.05) is 39.4 Å². The van der Waals surface area contributed by atoms with Gasteiger partial charge in [-0.1, -0.05) is 28.9 Å². The van der Waals surface area contributed by atoms with Gasteiger partial charge < -0.3 is 9.64 Å². The summed E-state index contributed by atoms with van der Waals surface area (Å²) in [7, 11) is 0. The van der Waals surface area contributed by atoms with Crippen molar-refractivity contribution < 1.29 is 9.53 Å². The van der Waals surface area contributed by atoms with E-state index in [0.29, 0.717) is 38.0 Å². The zero-order valence-electron chi connectivity index (χ0n) is 15.3. The van der Waals surface area contributed by atoms with Gasteiger partial charge >= 0.3 is 0 Å². The summed E-state index contributed by atoms with van der Waals surface area (Å²) < 4.78 is 7.16. The quantitative estimate of drug-likeness (QED) is 0.802. The molecule has 0 radical (unpaired) electrons. The van der Waals surface area contributed by atoms with Crippen LogP contribution in [-0.2, 0) is 11.3 Å². The molecule has 0 N–H and O–H groups in total. The Morgan fingerprint density at radius 2 is 1.96 bits per heavy atom. The fraction of sp³-hybridized carbons (Fsp3) is 0.526. The Labute approximate surface area is 163 Å². The largest absolute Gasteiger partial charge is 0.378 e. The molecule has 0 unspecified atom stereocenters. The van der Waals surface area contributed by atoms with Crippen LogP contribution in [-0.4, -0.2) is 70.1 Å². The van der Waals surface area contributed by atoms with Gasteiger partial charge in [0.25, 0.3) is 5.91 Å². The summed E-state index contributed by atoms with van der Waals surface area (Å²) >= 11 is 6.07. The third kappa shape index (κ3) is 4.48. The third-order valence-electron chi connectivity index (χ3n) is 5.25. The Hall–Kier alpha value is -1.96. The van der Waals surface area contributed by atoms with Crippen molar-refractivity contribution in [1.82, 2.24) is 24.8 Å². The van der Waals surface area contributed by atoms with E-state index in [2.05, 4.69) is 21.3 Å².